The molecule has 0 saturated carbocycles. The van der Waals surface area contributed by atoms with Crippen LogP contribution in [0.5, 0.6) is 11.5 Å². The molecular formula is C28H28N2O4. The number of methoxy groups -OCH3 is 2. The molecule has 0 radical (unpaired) electrons. The SMILES string of the molecule is COc1ccc(-c2cnc(-c3ccccc3C(=O)NC(C)CCc3ccccc3)o2)c(OC)c1. The number of hydrogen-bond donors (Lipinski definition) is 1. The molecule has 0 fully saturated rings. The van der Waals surface area contributed by atoms with Crippen LogP contribution in [0.15, 0.2) is 83.4 Å². The second-order valence-corrected chi connectivity index (χ2v) is 8.04. The van der Waals surface area contributed by atoms with E-state index in [2.05, 4.69) is 22.4 Å². The molecule has 0 aliphatic carbocycles. The molecule has 6 nitrogen and oxygen atoms in total. The number of hydrogen-bond acceptors (Lipinski definition) is 5. The Morgan fingerprint density at radius 2 is 1.74 bits per heavy atom. The van der Waals surface area contributed by atoms with Gasteiger partial charge in [-0.15, -0.1) is 0 Å². The topological polar surface area (TPSA) is 73.6 Å². The summed E-state index contributed by atoms with van der Waals surface area (Å²) in [6.07, 6.45) is 3.38. The number of ether oxygens (including phenoxy) is 2. The van der Waals surface area contributed by atoms with Crippen molar-refractivity contribution in [1.29, 1.82) is 0 Å². The Balaban J connectivity index is 1.52. The van der Waals surface area contributed by atoms with E-state index in [0.29, 0.717) is 34.3 Å². The second-order valence-electron chi connectivity index (χ2n) is 8.04. The first-order chi connectivity index (χ1) is 16.6. The van der Waals surface area contributed by atoms with Crippen LogP contribution < -0.4 is 14.8 Å². The third-order valence-electron chi connectivity index (χ3n) is 5.67. The van der Waals surface area contributed by atoms with Gasteiger partial charge in [0, 0.05) is 17.7 Å². The lowest BCUT2D eigenvalue weighted by Crippen LogP contribution is -2.33. The number of nitrogens with zero attached hydrogens (tertiary/aromatic N) is 1. The van der Waals surface area contributed by atoms with Crippen molar-refractivity contribution in [3.63, 3.8) is 0 Å². The number of oxazole rings is 1. The number of carbonyl (C=O) groups excluding carboxylic acids is 1. The summed E-state index contributed by atoms with van der Waals surface area (Å²) in [5.74, 6) is 2.05. The highest BCUT2D eigenvalue weighted by molar-refractivity contribution is 6.00. The lowest BCUT2D eigenvalue weighted by molar-refractivity contribution is 0.0939. The summed E-state index contributed by atoms with van der Waals surface area (Å²) in [7, 11) is 3.19. The van der Waals surface area contributed by atoms with Crippen LogP contribution in [-0.4, -0.2) is 31.2 Å². The molecule has 1 amide bonds. The number of rotatable bonds is 9. The summed E-state index contributed by atoms with van der Waals surface area (Å²) in [4.78, 5) is 17.5. The van der Waals surface area contributed by atoms with Crippen LogP contribution in [0.4, 0.5) is 0 Å². The van der Waals surface area contributed by atoms with E-state index in [0.717, 1.165) is 18.4 Å². The van der Waals surface area contributed by atoms with Gasteiger partial charge in [-0.3, -0.25) is 4.79 Å². The zero-order valence-corrected chi connectivity index (χ0v) is 19.6. The van der Waals surface area contributed by atoms with E-state index in [1.807, 2.05) is 55.5 Å². The molecule has 1 aromatic heterocycles. The van der Waals surface area contributed by atoms with Gasteiger partial charge in [-0.25, -0.2) is 4.98 Å². The molecule has 1 heterocycles. The second kappa shape index (κ2) is 10.7. The standard InChI is InChI=1S/C28H28N2O4/c1-19(13-14-20-9-5-4-6-10-20)30-27(31)22-11-7-8-12-23(22)28-29-18-26(34-28)24-16-15-21(32-2)17-25(24)33-3/h4-12,15-19H,13-14H2,1-3H3,(H,30,31). The molecule has 0 bridgehead atoms. The van der Waals surface area contributed by atoms with Crippen molar-refractivity contribution < 1.29 is 18.7 Å². The zero-order chi connectivity index (χ0) is 23.9. The number of benzene rings is 3. The lowest BCUT2D eigenvalue weighted by Gasteiger charge is -2.15. The van der Waals surface area contributed by atoms with Crippen LogP contribution in [-0.2, 0) is 6.42 Å². The van der Waals surface area contributed by atoms with E-state index in [-0.39, 0.29) is 11.9 Å². The smallest absolute Gasteiger partial charge is 0.252 e. The summed E-state index contributed by atoms with van der Waals surface area (Å²) < 4.78 is 16.8. The highest BCUT2D eigenvalue weighted by atomic mass is 16.5. The fourth-order valence-corrected chi connectivity index (χ4v) is 3.79. The zero-order valence-electron chi connectivity index (χ0n) is 19.6. The lowest BCUT2D eigenvalue weighted by atomic mass is 10.0. The maximum atomic E-state index is 13.1. The highest BCUT2D eigenvalue weighted by Crippen LogP contribution is 2.35. The quantitative estimate of drug-likeness (QED) is 0.346. The third-order valence-corrected chi connectivity index (χ3v) is 5.67. The summed E-state index contributed by atoms with van der Waals surface area (Å²) in [6.45, 7) is 2.02. The van der Waals surface area contributed by atoms with Crippen molar-refractivity contribution >= 4 is 5.91 Å². The Kier molecular flexibility index (Phi) is 7.28. The van der Waals surface area contributed by atoms with Crippen LogP contribution in [0, 0.1) is 0 Å². The van der Waals surface area contributed by atoms with Crippen molar-refractivity contribution in [2.45, 2.75) is 25.8 Å². The van der Waals surface area contributed by atoms with Crippen molar-refractivity contribution in [2.75, 3.05) is 14.2 Å². The van der Waals surface area contributed by atoms with Gasteiger partial charge in [-0.1, -0.05) is 42.5 Å². The molecule has 4 aromatic rings. The minimum Gasteiger partial charge on any atom is -0.497 e. The van der Waals surface area contributed by atoms with E-state index in [9.17, 15) is 4.79 Å². The van der Waals surface area contributed by atoms with Crippen LogP contribution >= 0.6 is 0 Å². The molecule has 1 atom stereocenters. The Bertz CT molecular complexity index is 1250. The number of aryl methyl sites for hydroxylation is 1. The maximum Gasteiger partial charge on any atom is 0.252 e. The van der Waals surface area contributed by atoms with Gasteiger partial charge >= 0.3 is 0 Å². The summed E-state index contributed by atoms with van der Waals surface area (Å²) >= 11 is 0. The first-order valence-corrected chi connectivity index (χ1v) is 11.2. The van der Waals surface area contributed by atoms with Gasteiger partial charge in [0.25, 0.3) is 5.91 Å². The van der Waals surface area contributed by atoms with Crippen LogP contribution in [0.3, 0.4) is 0 Å². The predicted octanol–water partition coefficient (Wildman–Crippen LogP) is 5.78. The average molecular weight is 457 g/mol. The summed E-state index contributed by atoms with van der Waals surface area (Å²) in [6, 6.07) is 23.1. The first kappa shape index (κ1) is 23.1. The molecule has 6 heteroatoms. The Hall–Kier alpha value is -4.06. The Morgan fingerprint density at radius 1 is 0.971 bits per heavy atom. The van der Waals surface area contributed by atoms with Gasteiger partial charge < -0.3 is 19.2 Å². The maximum absolute atomic E-state index is 13.1. The summed E-state index contributed by atoms with van der Waals surface area (Å²) in [5.41, 5.74) is 3.15. The molecule has 4 rings (SSSR count). The van der Waals surface area contributed by atoms with Gasteiger partial charge in [-0.05, 0) is 49.6 Å². The number of carbonyl (C=O) groups is 1. The van der Waals surface area contributed by atoms with Crippen molar-refractivity contribution in [3.8, 4) is 34.3 Å². The predicted molar refractivity (Wildman–Crippen MR) is 132 cm³/mol. The average Bonchev–Trinajstić information content (AvgIpc) is 3.37. The number of nitrogens with one attached hydrogen (secondary N) is 1. The van der Waals surface area contributed by atoms with E-state index in [1.54, 1.807) is 32.5 Å². The monoisotopic (exact) mass is 456 g/mol. The molecule has 174 valence electrons. The molecule has 0 aliphatic heterocycles. The molecule has 3 aromatic carbocycles. The number of aromatic nitrogens is 1. The van der Waals surface area contributed by atoms with Gasteiger partial charge in [0.15, 0.2) is 5.76 Å². The minimum atomic E-state index is -0.155. The largest absolute Gasteiger partial charge is 0.497 e. The summed E-state index contributed by atoms with van der Waals surface area (Å²) in [5, 5.41) is 3.10. The minimum absolute atomic E-state index is 0.0180. The Morgan fingerprint density at radius 3 is 2.50 bits per heavy atom. The molecule has 1 unspecified atom stereocenters. The van der Waals surface area contributed by atoms with Crippen LogP contribution in [0.25, 0.3) is 22.8 Å². The van der Waals surface area contributed by atoms with E-state index in [1.165, 1.54) is 5.56 Å². The molecule has 0 aliphatic rings. The van der Waals surface area contributed by atoms with Crippen molar-refractivity contribution in [1.82, 2.24) is 10.3 Å². The Labute approximate surface area is 199 Å². The molecule has 0 spiro atoms. The van der Waals surface area contributed by atoms with Crippen molar-refractivity contribution in [3.05, 3.63) is 90.1 Å². The van der Waals surface area contributed by atoms with E-state index in [4.69, 9.17) is 13.9 Å². The van der Waals surface area contributed by atoms with Crippen LogP contribution in [0.2, 0.25) is 0 Å². The normalized spacial score (nSPS) is 11.6. The van der Waals surface area contributed by atoms with Gasteiger partial charge in [0.1, 0.15) is 11.5 Å². The van der Waals surface area contributed by atoms with Gasteiger partial charge in [0.2, 0.25) is 5.89 Å². The molecule has 34 heavy (non-hydrogen) atoms. The van der Waals surface area contributed by atoms with E-state index >= 15 is 0 Å². The first-order valence-electron chi connectivity index (χ1n) is 11.2. The fourth-order valence-electron chi connectivity index (χ4n) is 3.79. The highest BCUT2D eigenvalue weighted by Gasteiger charge is 2.19. The molecule has 1 N–H and O–H groups in total. The van der Waals surface area contributed by atoms with Gasteiger partial charge in [0.05, 0.1) is 31.5 Å². The van der Waals surface area contributed by atoms with Crippen molar-refractivity contribution in [2.24, 2.45) is 0 Å². The molecule has 0 saturated heterocycles. The van der Waals surface area contributed by atoms with E-state index < -0.39 is 0 Å². The van der Waals surface area contributed by atoms with Crippen LogP contribution in [0.1, 0.15) is 29.3 Å². The molecular weight excluding hydrogens is 428 g/mol. The fraction of sp³-hybridized carbons (Fsp3) is 0.214. The number of amides is 1. The third kappa shape index (κ3) is 5.29. The van der Waals surface area contributed by atoms with Gasteiger partial charge in [-0.2, -0.15) is 0 Å².